The number of halogens is 1. The minimum atomic E-state index is -1.17. The van der Waals surface area contributed by atoms with Crippen molar-refractivity contribution in [2.75, 3.05) is 19.6 Å². The number of hydrogen-bond acceptors (Lipinski definition) is 5. The first-order valence-electron chi connectivity index (χ1n) is 10.3. The fourth-order valence-electron chi connectivity index (χ4n) is 4.67. The Kier molecular flexibility index (Phi) is 5.95. The molecule has 3 atom stereocenters. The van der Waals surface area contributed by atoms with E-state index in [1.165, 1.54) is 0 Å². The summed E-state index contributed by atoms with van der Waals surface area (Å²) in [7, 11) is 1.60. The average molecular weight is 444 g/mol. The van der Waals surface area contributed by atoms with Crippen molar-refractivity contribution in [2.45, 2.75) is 37.6 Å². The van der Waals surface area contributed by atoms with Crippen LogP contribution in [0.25, 0.3) is 0 Å². The molecule has 164 valence electrons. The van der Waals surface area contributed by atoms with Crippen LogP contribution in [-0.2, 0) is 32.2 Å². The van der Waals surface area contributed by atoms with Crippen molar-refractivity contribution < 1.29 is 23.8 Å². The van der Waals surface area contributed by atoms with E-state index >= 15 is 0 Å². The Morgan fingerprint density at radius 2 is 1.77 bits per heavy atom. The highest BCUT2D eigenvalue weighted by Crippen LogP contribution is 2.55. The number of alkyl halides is 1. The largest absolute Gasteiger partial charge is 0.497 e. The quantitative estimate of drug-likeness (QED) is 0.438. The third-order valence-electron chi connectivity index (χ3n) is 6.47. The number of hydrogen-bond donors (Lipinski definition) is 0. The second-order valence-corrected chi connectivity index (χ2v) is 8.52. The molecule has 6 nitrogen and oxygen atoms in total. The number of carbonyl (C=O) groups excluding carboxylic acids is 2. The van der Waals surface area contributed by atoms with E-state index in [1.54, 1.807) is 12.0 Å². The zero-order valence-corrected chi connectivity index (χ0v) is 18.4. The second kappa shape index (κ2) is 8.52. The molecule has 0 aromatic heterocycles. The maximum absolute atomic E-state index is 13.4. The first-order chi connectivity index (χ1) is 15.0. The van der Waals surface area contributed by atoms with Crippen LogP contribution in [0.2, 0.25) is 0 Å². The Morgan fingerprint density at radius 1 is 1.06 bits per heavy atom. The predicted molar refractivity (Wildman–Crippen MR) is 116 cm³/mol. The Morgan fingerprint density at radius 3 is 2.39 bits per heavy atom. The van der Waals surface area contributed by atoms with Crippen LogP contribution >= 0.6 is 11.6 Å². The molecule has 0 N–H and O–H groups in total. The molecule has 7 heteroatoms. The van der Waals surface area contributed by atoms with Gasteiger partial charge in [0.2, 0.25) is 11.4 Å². The molecule has 1 amide bonds. The monoisotopic (exact) mass is 443 g/mol. The Hall–Kier alpha value is -2.57. The van der Waals surface area contributed by atoms with Crippen molar-refractivity contribution in [3.05, 3.63) is 65.7 Å². The molecule has 2 heterocycles. The number of carbonyl (C=O) groups is 2. The van der Waals surface area contributed by atoms with Crippen LogP contribution < -0.4 is 4.74 Å². The maximum Gasteiger partial charge on any atom is 0.339 e. The van der Waals surface area contributed by atoms with Gasteiger partial charge in [0.15, 0.2) is 5.60 Å². The number of esters is 1. The topological polar surface area (TPSA) is 65.1 Å². The van der Waals surface area contributed by atoms with E-state index in [4.69, 9.17) is 25.8 Å². The molecule has 2 fully saturated rings. The molecule has 2 aromatic carbocycles. The Bertz CT molecular complexity index is 950. The van der Waals surface area contributed by atoms with Crippen molar-refractivity contribution in [1.29, 1.82) is 0 Å². The van der Waals surface area contributed by atoms with Gasteiger partial charge in [0.1, 0.15) is 5.75 Å². The third kappa shape index (κ3) is 3.48. The van der Waals surface area contributed by atoms with Crippen LogP contribution in [0.3, 0.4) is 0 Å². The summed E-state index contributed by atoms with van der Waals surface area (Å²) >= 11 is 6.00. The van der Waals surface area contributed by atoms with Gasteiger partial charge < -0.3 is 19.1 Å². The normalized spacial score (nSPS) is 26.9. The highest BCUT2D eigenvalue weighted by Gasteiger charge is 2.79. The minimum Gasteiger partial charge on any atom is -0.497 e. The molecule has 31 heavy (non-hydrogen) atoms. The summed E-state index contributed by atoms with van der Waals surface area (Å²) in [5.41, 5.74) is -0.254. The van der Waals surface area contributed by atoms with Crippen molar-refractivity contribution >= 4 is 23.5 Å². The zero-order chi connectivity index (χ0) is 22.1. The molecule has 2 aliphatic rings. The highest BCUT2D eigenvalue weighted by molar-refractivity contribution is 6.18. The molecule has 2 aromatic rings. The molecule has 0 radical (unpaired) electrons. The predicted octanol–water partition coefficient (Wildman–Crippen LogP) is 3.55. The number of methoxy groups -OCH3 is 1. The van der Waals surface area contributed by atoms with Crippen LogP contribution in [0, 0.1) is 5.92 Å². The summed E-state index contributed by atoms with van der Waals surface area (Å²) in [6.07, 6.45) is 0.434. The summed E-state index contributed by atoms with van der Waals surface area (Å²) < 4.78 is 16.8. The minimum absolute atomic E-state index is 0.0674. The number of likely N-dealkylation sites (tertiary alicyclic amines) is 1. The van der Waals surface area contributed by atoms with E-state index in [0.717, 1.165) is 16.9 Å². The Labute approximate surface area is 187 Å². The van der Waals surface area contributed by atoms with E-state index in [0.29, 0.717) is 18.9 Å². The fraction of sp³-hybridized carbons (Fsp3) is 0.417. The van der Waals surface area contributed by atoms with Crippen molar-refractivity contribution in [3.8, 4) is 5.75 Å². The van der Waals surface area contributed by atoms with Gasteiger partial charge in [-0.05, 0) is 36.6 Å². The molecule has 0 spiro atoms. The van der Waals surface area contributed by atoms with Crippen LogP contribution in [0.5, 0.6) is 5.75 Å². The van der Waals surface area contributed by atoms with E-state index in [9.17, 15) is 9.59 Å². The van der Waals surface area contributed by atoms with Crippen LogP contribution in [0.4, 0.5) is 0 Å². The standard InChI is InChI=1S/C24H26ClNO5/c1-23-20(12-13-25)21(27)26(14-17-8-10-19(29-2)11-9-17)24(23,22(28)31-23)16-30-15-18-6-4-3-5-7-18/h3-11,20H,12-16H2,1-2H3/t20-,23-,24?/m0/s1. The molecular weight excluding hydrogens is 418 g/mol. The zero-order valence-electron chi connectivity index (χ0n) is 17.7. The van der Waals surface area contributed by atoms with Gasteiger partial charge in [-0.2, -0.15) is 0 Å². The van der Waals surface area contributed by atoms with E-state index in [1.807, 2.05) is 61.5 Å². The third-order valence-corrected chi connectivity index (χ3v) is 6.69. The van der Waals surface area contributed by atoms with Gasteiger partial charge in [-0.15, -0.1) is 11.6 Å². The lowest BCUT2D eigenvalue weighted by Crippen LogP contribution is -2.76. The number of amides is 1. The number of nitrogens with zero attached hydrogens (tertiary/aromatic N) is 1. The first-order valence-corrected chi connectivity index (χ1v) is 10.8. The molecule has 0 aliphatic carbocycles. The first kappa shape index (κ1) is 21.7. The summed E-state index contributed by atoms with van der Waals surface area (Å²) in [5, 5.41) is 0. The van der Waals surface area contributed by atoms with Crippen LogP contribution in [0.1, 0.15) is 24.5 Å². The van der Waals surface area contributed by atoms with Gasteiger partial charge in [0.05, 0.1) is 26.2 Å². The summed E-state index contributed by atoms with van der Waals surface area (Å²) in [6.45, 7) is 2.51. The Balaban J connectivity index is 1.62. The summed E-state index contributed by atoms with van der Waals surface area (Å²) in [6, 6.07) is 17.2. The smallest absolute Gasteiger partial charge is 0.339 e. The average Bonchev–Trinajstić information content (AvgIpc) is 2.91. The lowest BCUT2D eigenvalue weighted by molar-refractivity contribution is -0.243. The van der Waals surface area contributed by atoms with Gasteiger partial charge >= 0.3 is 5.97 Å². The second-order valence-electron chi connectivity index (χ2n) is 8.14. The highest BCUT2D eigenvalue weighted by atomic mass is 35.5. The van der Waals surface area contributed by atoms with Crippen LogP contribution in [-0.4, -0.2) is 47.5 Å². The van der Waals surface area contributed by atoms with Gasteiger partial charge in [0, 0.05) is 12.4 Å². The summed E-state index contributed by atoms with van der Waals surface area (Å²) in [5.74, 6) is -0.0253. The number of rotatable bonds is 9. The van der Waals surface area contributed by atoms with Crippen molar-refractivity contribution in [1.82, 2.24) is 4.90 Å². The molecule has 2 saturated heterocycles. The van der Waals surface area contributed by atoms with Gasteiger partial charge in [-0.25, -0.2) is 4.79 Å². The van der Waals surface area contributed by atoms with E-state index in [2.05, 4.69) is 0 Å². The molecule has 0 saturated carbocycles. The molecule has 0 bridgehead atoms. The molecule has 1 unspecified atom stereocenters. The molecular formula is C24H26ClNO5. The van der Waals surface area contributed by atoms with E-state index in [-0.39, 0.29) is 19.1 Å². The van der Waals surface area contributed by atoms with Crippen molar-refractivity contribution in [3.63, 3.8) is 0 Å². The van der Waals surface area contributed by atoms with Gasteiger partial charge in [0.25, 0.3) is 0 Å². The molecule has 2 aliphatic heterocycles. The van der Waals surface area contributed by atoms with Gasteiger partial charge in [-0.1, -0.05) is 42.5 Å². The lowest BCUT2D eigenvalue weighted by atomic mass is 9.71. The summed E-state index contributed by atoms with van der Waals surface area (Å²) in [4.78, 5) is 28.0. The SMILES string of the molecule is COc1ccc(CN2C(=O)[C@H](CCCl)[C@]3(C)OC(=O)C23COCc2ccccc2)cc1. The molecule has 4 rings (SSSR count). The van der Waals surface area contributed by atoms with E-state index < -0.39 is 23.0 Å². The maximum atomic E-state index is 13.4. The lowest BCUT2D eigenvalue weighted by Gasteiger charge is -2.53. The van der Waals surface area contributed by atoms with Crippen LogP contribution in [0.15, 0.2) is 54.6 Å². The number of fused-ring (bicyclic) bond motifs is 1. The van der Waals surface area contributed by atoms with Gasteiger partial charge in [-0.3, -0.25) is 4.79 Å². The van der Waals surface area contributed by atoms with Crippen molar-refractivity contribution in [2.24, 2.45) is 5.92 Å². The number of benzene rings is 2. The number of ether oxygens (including phenoxy) is 3. The fourth-order valence-corrected chi connectivity index (χ4v) is 4.89.